The molecular weight excluding hydrogens is 475 g/mol. The first kappa shape index (κ1) is 23.4. The molecule has 0 heterocycles. The van der Waals surface area contributed by atoms with Crippen LogP contribution in [0.2, 0.25) is 0 Å². The quantitative estimate of drug-likeness (QED) is 0.234. The fourth-order valence-electron chi connectivity index (χ4n) is 2.32. The van der Waals surface area contributed by atoms with Gasteiger partial charge in [-0.3, -0.25) is 4.99 Å². The molecule has 0 unspecified atom stereocenters. The summed E-state index contributed by atoms with van der Waals surface area (Å²) in [4.78, 5) is 4.40. The fraction of sp³-hybridized carbons (Fsp3) is 0.316. The Morgan fingerprint density at radius 3 is 2.44 bits per heavy atom. The van der Waals surface area contributed by atoms with Crippen LogP contribution in [0.15, 0.2) is 58.4 Å². The van der Waals surface area contributed by atoms with Crippen LogP contribution in [-0.2, 0) is 10.0 Å². The molecule has 27 heavy (non-hydrogen) atoms. The zero-order valence-corrected chi connectivity index (χ0v) is 18.9. The van der Waals surface area contributed by atoms with Gasteiger partial charge in [-0.2, -0.15) is 0 Å². The van der Waals surface area contributed by atoms with Gasteiger partial charge in [0.15, 0.2) is 5.96 Å². The van der Waals surface area contributed by atoms with Gasteiger partial charge in [-0.05, 0) is 42.7 Å². The van der Waals surface area contributed by atoms with Gasteiger partial charge in [0.2, 0.25) is 10.0 Å². The van der Waals surface area contributed by atoms with E-state index >= 15 is 0 Å². The maximum Gasteiger partial charge on any atom is 0.240 e. The number of nitrogens with zero attached hydrogens (tertiary/aromatic N) is 1. The molecule has 0 bridgehead atoms. The van der Waals surface area contributed by atoms with Crippen LogP contribution >= 0.6 is 24.0 Å². The highest BCUT2D eigenvalue weighted by atomic mass is 127. The molecule has 8 heteroatoms. The normalized spacial score (nSPS) is 11.9. The second-order valence-corrected chi connectivity index (χ2v) is 8.15. The number of nitrogens with two attached hydrogens (primary N) is 1. The Labute approximate surface area is 178 Å². The molecule has 2 rings (SSSR count). The summed E-state index contributed by atoms with van der Waals surface area (Å²) >= 11 is 0. The molecule has 0 fully saturated rings. The van der Waals surface area contributed by atoms with Gasteiger partial charge in [-0.25, -0.2) is 13.1 Å². The van der Waals surface area contributed by atoms with Crippen LogP contribution < -0.4 is 15.8 Å². The van der Waals surface area contributed by atoms with Crippen molar-refractivity contribution in [3.8, 4) is 0 Å². The number of guanidine groups is 1. The summed E-state index contributed by atoms with van der Waals surface area (Å²) in [5, 5.41) is 3.02. The van der Waals surface area contributed by atoms with E-state index in [-0.39, 0.29) is 47.9 Å². The lowest BCUT2D eigenvalue weighted by atomic mass is 10.0. The van der Waals surface area contributed by atoms with Crippen LogP contribution in [0.5, 0.6) is 0 Å². The maximum atomic E-state index is 12.2. The molecule has 0 saturated carbocycles. The number of aryl methyl sites for hydroxylation is 1. The van der Waals surface area contributed by atoms with E-state index in [0.717, 1.165) is 11.3 Å². The molecule has 0 saturated heterocycles. The molecule has 148 valence electrons. The fourth-order valence-corrected chi connectivity index (χ4v) is 3.34. The molecule has 2 aromatic rings. The SMILES string of the molecule is Cc1ccc(S(=O)(=O)NCCN=C(N)Nc2cccc(C(C)C)c2)cc1.I. The minimum absolute atomic E-state index is 0. The average molecular weight is 502 g/mol. The molecular formula is C19H27IN4O2S. The molecule has 6 nitrogen and oxygen atoms in total. The third-order valence-corrected chi connectivity index (χ3v) is 5.32. The van der Waals surface area contributed by atoms with Crippen LogP contribution in [0.25, 0.3) is 0 Å². The predicted molar refractivity (Wildman–Crippen MR) is 122 cm³/mol. The van der Waals surface area contributed by atoms with Crippen LogP contribution in [0.1, 0.15) is 30.9 Å². The highest BCUT2D eigenvalue weighted by molar-refractivity contribution is 14.0. The van der Waals surface area contributed by atoms with E-state index in [1.165, 1.54) is 5.56 Å². The first-order valence-electron chi connectivity index (χ1n) is 8.51. The second-order valence-electron chi connectivity index (χ2n) is 6.38. The molecule has 0 aliphatic carbocycles. The second kappa shape index (κ2) is 10.6. The highest BCUT2D eigenvalue weighted by Crippen LogP contribution is 2.18. The van der Waals surface area contributed by atoms with Crippen molar-refractivity contribution in [2.45, 2.75) is 31.6 Å². The van der Waals surface area contributed by atoms with E-state index in [2.05, 4.69) is 34.9 Å². The van der Waals surface area contributed by atoms with Crippen molar-refractivity contribution in [3.63, 3.8) is 0 Å². The summed E-state index contributed by atoms with van der Waals surface area (Å²) in [5.41, 5.74) is 8.94. The first-order chi connectivity index (χ1) is 12.3. The van der Waals surface area contributed by atoms with Gasteiger partial charge < -0.3 is 11.1 Å². The van der Waals surface area contributed by atoms with Gasteiger partial charge in [0.05, 0.1) is 11.4 Å². The average Bonchev–Trinajstić information content (AvgIpc) is 2.59. The van der Waals surface area contributed by atoms with Crippen molar-refractivity contribution in [2.75, 3.05) is 18.4 Å². The van der Waals surface area contributed by atoms with Crippen LogP contribution in [0.4, 0.5) is 5.69 Å². The molecule has 4 N–H and O–H groups in total. The Hall–Kier alpha value is -1.65. The van der Waals surface area contributed by atoms with E-state index in [0.29, 0.717) is 5.92 Å². The number of aliphatic imine (C=N–C) groups is 1. The zero-order chi connectivity index (χ0) is 19.2. The van der Waals surface area contributed by atoms with Crippen LogP contribution in [0, 0.1) is 6.92 Å². The third-order valence-electron chi connectivity index (χ3n) is 3.84. The molecule has 0 amide bonds. The van der Waals surface area contributed by atoms with Gasteiger partial charge in [-0.1, -0.05) is 43.7 Å². The monoisotopic (exact) mass is 502 g/mol. The van der Waals surface area contributed by atoms with Crippen molar-refractivity contribution < 1.29 is 8.42 Å². The largest absolute Gasteiger partial charge is 0.370 e. The summed E-state index contributed by atoms with van der Waals surface area (Å²) in [6, 6.07) is 14.6. The Kier molecular flexibility index (Phi) is 9.20. The number of hydrogen-bond donors (Lipinski definition) is 3. The Balaban J connectivity index is 0.00000364. The van der Waals surface area contributed by atoms with Gasteiger partial charge in [0.25, 0.3) is 0 Å². The lowest BCUT2D eigenvalue weighted by Crippen LogP contribution is -2.28. The first-order valence-corrected chi connectivity index (χ1v) is 9.99. The van der Waals surface area contributed by atoms with Gasteiger partial charge in [0.1, 0.15) is 0 Å². The molecule has 0 aliphatic rings. The van der Waals surface area contributed by atoms with E-state index in [1.807, 2.05) is 25.1 Å². The summed E-state index contributed by atoms with van der Waals surface area (Å²) < 4.78 is 26.9. The third kappa shape index (κ3) is 7.47. The lowest BCUT2D eigenvalue weighted by Gasteiger charge is -2.10. The molecule has 2 aromatic carbocycles. The number of hydrogen-bond acceptors (Lipinski definition) is 3. The van der Waals surface area contributed by atoms with Crippen LogP contribution in [-0.4, -0.2) is 27.5 Å². The highest BCUT2D eigenvalue weighted by Gasteiger charge is 2.12. The summed E-state index contributed by atoms with van der Waals surface area (Å²) in [6.45, 7) is 6.57. The summed E-state index contributed by atoms with van der Waals surface area (Å²) in [7, 11) is -3.53. The number of sulfonamides is 1. The van der Waals surface area contributed by atoms with Gasteiger partial charge >= 0.3 is 0 Å². The Bertz CT molecular complexity index is 866. The molecule has 0 atom stereocenters. The van der Waals surface area contributed by atoms with E-state index < -0.39 is 10.0 Å². The summed E-state index contributed by atoms with van der Waals surface area (Å²) in [6.07, 6.45) is 0. The van der Waals surface area contributed by atoms with Crippen molar-refractivity contribution in [2.24, 2.45) is 10.7 Å². The lowest BCUT2D eigenvalue weighted by molar-refractivity contribution is 0.582. The van der Waals surface area contributed by atoms with E-state index in [1.54, 1.807) is 24.3 Å². The van der Waals surface area contributed by atoms with Gasteiger partial charge in [-0.15, -0.1) is 24.0 Å². The molecule has 0 radical (unpaired) electrons. The standard InChI is InChI=1S/C19H26N4O2S.HI/c1-14(2)16-5-4-6-17(13-16)23-19(20)21-11-12-22-26(24,25)18-9-7-15(3)8-10-18;/h4-10,13-14,22H,11-12H2,1-3H3,(H3,20,21,23);1H. The number of benzene rings is 2. The van der Waals surface area contributed by atoms with Crippen molar-refractivity contribution in [1.29, 1.82) is 0 Å². The Morgan fingerprint density at radius 1 is 1.15 bits per heavy atom. The number of rotatable bonds is 7. The molecule has 0 aromatic heterocycles. The minimum atomic E-state index is -3.53. The number of halogens is 1. The van der Waals surface area contributed by atoms with Gasteiger partial charge in [0, 0.05) is 12.2 Å². The zero-order valence-electron chi connectivity index (χ0n) is 15.8. The number of anilines is 1. The Morgan fingerprint density at radius 2 is 1.81 bits per heavy atom. The van der Waals surface area contributed by atoms with Crippen molar-refractivity contribution >= 4 is 45.6 Å². The van der Waals surface area contributed by atoms with Crippen molar-refractivity contribution in [3.05, 3.63) is 59.7 Å². The molecule has 0 spiro atoms. The molecule has 0 aliphatic heterocycles. The topological polar surface area (TPSA) is 96.6 Å². The summed E-state index contributed by atoms with van der Waals surface area (Å²) in [5.74, 6) is 0.673. The smallest absolute Gasteiger partial charge is 0.240 e. The van der Waals surface area contributed by atoms with E-state index in [9.17, 15) is 8.42 Å². The maximum absolute atomic E-state index is 12.2. The van der Waals surface area contributed by atoms with Crippen LogP contribution in [0.3, 0.4) is 0 Å². The van der Waals surface area contributed by atoms with Crippen molar-refractivity contribution in [1.82, 2.24) is 4.72 Å². The van der Waals surface area contributed by atoms with E-state index in [4.69, 9.17) is 5.73 Å². The minimum Gasteiger partial charge on any atom is -0.370 e. The number of nitrogens with one attached hydrogen (secondary N) is 2. The predicted octanol–water partition coefficient (Wildman–Crippen LogP) is 3.44.